The van der Waals surface area contributed by atoms with Gasteiger partial charge in [-0.15, -0.1) is 12.4 Å². The van der Waals surface area contributed by atoms with Crippen LogP contribution in [0.1, 0.15) is 30.1 Å². The molecule has 0 aliphatic carbocycles. The molecule has 1 aliphatic rings. The van der Waals surface area contributed by atoms with Crippen LogP contribution in [-0.4, -0.2) is 42.4 Å². The van der Waals surface area contributed by atoms with E-state index in [-0.39, 0.29) is 35.8 Å². The second-order valence-corrected chi connectivity index (χ2v) is 5.84. The average molecular weight is 362 g/mol. The Morgan fingerprint density at radius 2 is 1.96 bits per heavy atom. The van der Waals surface area contributed by atoms with Crippen LogP contribution in [0.25, 0.3) is 0 Å². The molecule has 0 bridgehead atoms. The van der Waals surface area contributed by atoms with Gasteiger partial charge in [0.05, 0.1) is 5.56 Å². The van der Waals surface area contributed by atoms with E-state index in [1.807, 2.05) is 6.92 Å². The molecule has 1 aromatic carbocycles. The van der Waals surface area contributed by atoms with Crippen LogP contribution >= 0.6 is 12.4 Å². The SMILES string of the molecule is C[C@@H](CN)NC(=O)C1CCN(C(=O)c2ccc(F)cc2F)CC1.Cl. The minimum atomic E-state index is -0.869. The molecule has 1 aliphatic heterocycles. The quantitative estimate of drug-likeness (QED) is 0.857. The number of benzene rings is 1. The van der Waals surface area contributed by atoms with Crippen LogP contribution < -0.4 is 11.1 Å². The van der Waals surface area contributed by atoms with Gasteiger partial charge >= 0.3 is 0 Å². The molecule has 1 aromatic rings. The highest BCUT2D eigenvalue weighted by Crippen LogP contribution is 2.20. The van der Waals surface area contributed by atoms with Crippen molar-refractivity contribution in [2.45, 2.75) is 25.8 Å². The number of nitrogens with one attached hydrogen (secondary N) is 1. The van der Waals surface area contributed by atoms with Gasteiger partial charge in [0.1, 0.15) is 11.6 Å². The maximum absolute atomic E-state index is 13.7. The Bertz CT molecular complexity index is 593. The van der Waals surface area contributed by atoms with Crippen LogP contribution in [0.15, 0.2) is 18.2 Å². The van der Waals surface area contributed by atoms with Crippen molar-refractivity contribution >= 4 is 24.2 Å². The maximum atomic E-state index is 13.7. The highest BCUT2D eigenvalue weighted by molar-refractivity contribution is 5.94. The van der Waals surface area contributed by atoms with Crippen molar-refractivity contribution in [2.75, 3.05) is 19.6 Å². The molecule has 2 amide bonds. The van der Waals surface area contributed by atoms with Crippen molar-refractivity contribution in [3.8, 4) is 0 Å². The van der Waals surface area contributed by atoms with Crippen LogP contribution in [-0.2, 0) is 4.79 Å². The summed E-state index contributed by atoms with van der Waals surface area (Å²) in [4.78, 5) is 25.8. The van der Waals surface area contributed by atoms with Gasteiger partial charge in [-0.2, -0.15) is 0 Å². The largest absolute Gasteiger partial charge is 0.352 e. The number of hydrogen-bond acceptors (Lipinski definition) is 3. The molecule has 1 saturated heterocycles. The number of nitrogens with two attached hydrogens (primary N) is 1. The number of piperidine rings is 1. The Morgan fingerprint density at radius 3 is 2.50 bits per heavy atom. The van der Waals surface area contributed by atoms with Gasteiger partial charge < -0.3 is 16.0 Å². The number of nitrogens with zero attached hydrogens (tertiary/aromatic N) is 1. The molecule has 3 N–H and O–H groups in total. The minimum absolute atomic E-state index is 0. The lowest BCUT2D eigenvalue weighted by atomic mass is 9.95. The van der Waals surface area contributed by atoms with E-state index in [1.54, 1.807) is 0 Å². The normalized spacial score (nSPS) is 16.2. The third-order valence-corrected chi connectivity index (χ3v) is 4.06. The van der Waals surface area contributed by atoms with Crippen LogP contribution in [0.3, 0.4) is 0 Å². The van der Waals surface area contributed by atoms with E-state index in [9.17, 15) is 18.4 Å². The summed E-state index contributed by atoms with van der Waals surface area (Å²) in [6.45, 7) is 2.93. The van der Waals surface area contributed by atoms with Crippen molar-refractivity contribution < 1.29 is 18.4 Å². The van der Waals surface area contributed by atoms with Crippen molar-refractivity contribution in [3.63, 3.8) is 0 Å². The fourth-order valence-corrected chi connectivity index (χ4v) is 2.60. The predicted octanol–water partition coefficient (Wildman–Crippen LogP) is 1.70. The van der Waals surface area contributed by atoms with Gasteiger partial charge in [0.25, 0.3) is 5.91 Å². The van der Waals surface area contributed by atoms with Crippen LogP contribution in [0.5, 0.6) is 0 Å². The van der Waals surface area contributed by atoms with Crippen molar-refractivity contribution in [3.05, 3.63) is 35.4 Å². The first kappa shape index (κ1) is 20.3. The Labute approximate surface area is 146 Å². The topological polar surface area (TPSA) is 75.4 Å². The van der Waals surface area contributed by atoms with Crippen LogP contribution in [0.4, 0.5) is 8.78 Å². The fraction of sp³-hybridized carbons (Fsp3) is 0.500. The molecule has 24 heavy (non-hydrogen) atoms. The van der Waals surface area contributed by atoms with Crippen molar-refractivity contribution in [1.29, 1.82) is 0 Å². The van der Waals surface area contributed by atoms with Gasteiger partial charge in [-0.3, -0.25) is 9.59 Å². The lowest BCUT2D eigenvalue weighted by molar-refractivity contribution is -0.126. The number of hydrogen-bond donors (Lipinski definition) is 2. The van der Waals surface area contributed by atoms with E-state index in [2.05, 4.69) is 5.32 Å². The van der Waals surface area contributed by atoms with E-state index in [0.717, 1.165) is 12.1 Å². The number of amides is 2. The summed E-state index contributed by atoms with van der Waals surface area (Å²) in [5, 5.41) is 2.82. The molecular weight excluding hydrogens is 340 g/mol. The second-order valence-electron chi connectivity index (χ2n) is 5.84. The zero-order chi connectivity index (χ0) is 17.0. The maximum Gasteiger partial charge on any atom is 0.256 e. The first-order valence-electron chi connectivity index (χ1n) is 7.67. The van der Waals surface area contributed by atoms with Gasteiger partial charge in [0, 0.05) is 37.7 Å². The standard InChI is InChI=1S/C16H21F2N3O2.ClH/c1-10(9-19)20-15(22)11-4-6-21(7-5-11)16(23)13-3-2-12(17)8-14(13)18;/h2-3,8,10-11H,4-7,9,19H2,1H3,(H,20,22);1H/t10-;/m0./s1. The summed E-state index contributed by atoms with van der Waals surface area (Å²) in [7, 11) is 0. The number of likely N-dealkylation sites (tertiary alicyclic amines) is 1. The van der Waals surface area contributed by atoms with Gasteiger partial charge in [-0.05, 0) is 31.9 Å². The van der Waals surface area contributed by atoms with E-state index < -0.39 is 17.5 Å². The smallest absolute Gasteiger partial charge is 0.256 e. The van der Waals surface area contributed by atoms with Gasteiger partial charge in [-0.25, -0.2) is 8.78 Å². The molecule has 0 spiro atoms. The Hall–Kier alpha value is -1.73. The van der Waals surface area contributed by atoms with Gasteiger partial charge in [-0.1, -0.05) is 0 Å². The van der Waals surface area contributed by atoms with E-state index in [4.69, 9.17) is 5.73 Å². The molecule has 0 unspecified atom stereocenters. The Morgan fingerprint density at radius 1 is 1.33 bits per heavy atom. The summed E-state index contributed by atoms with van der Waals surface area (Å²) in [5.41, 5.74) is 5.32. The summed E-state index contributed by atoms with van der Waals surface area (Å²) in [6, 6.07) is 2.82. The lowest BCUT2D eigenvalue weighted by Gasteiger charge is -2.32. The molecule has 134 valence electrons. The minimum Gasteiger partial charge on any atom is -0.352 e. The Kier molecular flexibility index (Phi) is 7.57. The molecule has 2 rings (SSSR count). The highest BCUT2D eigenvalue weighted by Gasteiger charge is 2.29. The van der Waals surface area contributed by atoms with E-state index in [0.29, 0.717) is 38.5 Å². The number of rotatable bonds is 4. The van der Waals surface area contributed by atoms with Crippen molar-refractivity contribution in [1.82, 2.24) is 10.2 Å². The monoisotopic (exact) mass is 361 g/mol. The van der Waals surface area contributed by atoms with E-state index >= 15 is 0 Å². The zero-order valence-electron chi connectivity index (χ0n) is 13.4. The number of carbonyl (C=O) groups is 2. The fourth-order valence-electron chi connectivity index (χ4n) is 2.60. The summed E-state index contributed by atoms with van der Waals surface area (Å²) in [5.74, 6) is -2.30. The molecule has 0 radical (unpaired) electrons. The molecule has 0 saturated carbocycles. The van der Waals surface area contributed by atoms with Gasteiger partial charge in [0.2, 0.25) is 5.91 Å². The summed E-state index contributed by atoms with van der Waals surface area (Å²) in [6.07, 6.45) is 1.02. The van der Waals surface area contributed by atoms with Crippen molar-refractivity contribution in [2.24, 2.45) is 11.7 Å². The first-order valence-corrected chi connectivity index (χ1v) is 7.67. The second kappa shape index (κ2) is 8.94. The molecule has 1 heterocycles. The molecule has 8 heteroatoms. The lowest BCUT2D eigenvalue weighted by Crippen LogP contribution is -2.46. The van der Waals surface area contributed by atoms with E-state index in [1.165, 1.54) is 4.90 Å². The molecule has 0 aromatic heterocycles. The summed E-state index contributed by atoms with van der Waals surface area (Å²) >= 11 is 0. The predicted molar refractivity (Wildman–Crippen MR) is 88.9 cm³/mol. The molecular formula is C16H22ClF2N3O2. The van der Waals surface area contributed by atoms with Crippen LogP contribution in [0, 0.1) is 17.6 Å². The number of halogens is 3. The summed E-state index contributed by atoms with van der Waals surface area (Å²) < 4.78 is 26.6. The van der Waals surface area contributed by atoms with Crippen LogP contribution in [0.2, 0.25) is 0 Å². The zero-order valence-corrected chi connectivity index (χ0v) is 14.2. The highest BCUT2D eigenvalue weighted by atomic mass is 35.5. The third kappa shape index (κ3) is 4.88. The molecule has 1 fully saturated rings. The number of carbonyl (C=O) groups excluding carboxylic acids is 2. The average Bonchev–Trinajstić information content (AvgIpc) is 2.54. The Balaban J connectivity index is 0.00000288. The molecule has 5 nitrogen and oxygen atoms in total. The van der Waals surface area contributed by atoms with Gasteiger partial charge in [0.15, 0.2) is 0 Å². The molecule has 1 atom stereocenters. The third-order valence-electron chi connectivity index (χ3n) is 4.06. The first-order chi connectivity index (χ1) is 10.9.